The van der Waals surface area contributed by atoms with Crippen molar-refractivity contribution in [3.05, 3.63) is 20.7 Å². The third kappa shape index (κ3) is 3.21. The van der Waals surface area contributed by atoms with Crippen LogP contribution in [0.2, 0.25) is 0 Å². The number of hydrogen-bond acceptors (Lipinski definition) is 6. The fraction of sp³-hybridized carbons (Fsp3) is 0.600. The molecule has 1 fully saturated rings. The van der Waals surface area contributed by atoms with Gasteiger partial charge in [-0.2, -0.15) is 10.2 Å². The summed E-state index contributed by atoms with van der Waals surface area (Å²) in [6.07, 6.45) is 2.22. The molecule has 1 aromatic rings. The third-order valence-electron chi connectivity index (χ3n) is 2.50. The SMILES string of the molecule is Cn1[nH]c(=O)c(=O)nc1SCC(C#N)NC1CC1. The Labute approximate surface area is 107 Å². The van der Waals surface area contributed by atoms with Gasteiger partial charge in [0.2, 0.25) is 0 Å². The molecule has 1 unspecified atom stereocenters. The maximum atomic E-state index is 11.1. The summed E-state index contributed by atoms with van der Waals surface area (Å²) >= 11 is 1.27. The van der Waals surface area contributed by atoms with Crippen LogP contribution in [0.4, 0.5) is 0 Å². The zero-order chi connectivity index (χ0) is 13.1. The van der Waals surface area contributed by atoms with Gasteiger partial charge < -0.3 is 0 Å². The highest BCUT2D eigenvalue weighted by Gasteiger charge is 2.24. The highest BCUT2D eigenvalue weighted by molar-refractivity contribution is 7.99. The number of aromatic amines is 1. The van der Waals surface area contributed by atoms with Crippen LogP contribution in [0.1, 0.15) is 12.8 Å². The highest BCUT2D eigenvalue weighted by Crippen LogP contribution is 2.21. The molecule has 0 saturated heterocycles. The van der Waals surface area contributed by atoms with Crippen molar-refractivity contribution >= 4 is 11.8 Å². The average Bonchev–Trinajstić information content (AvgIpc) is 3.14. The van der Waals surface area contributed by atoms with Crippen LogP contribution < -0.4 is 16.4 Å². The lowest BCUT2D eigenvalue weighted by molar-refractivity contribution is 0.593. The molecule has 18 heavy (non-hydrogen) atoms. The topological polar surface area (TPSA) is 104 Å². The largest absolute Gasteiger partial charge is 0.339 e. The van der Waals surface area contributed by atoms with E-state index in [1.54, 1.807) is 7.05 Å². The maximum Gasteiger partial charge on any atom is 0.339 e. The van der Waals surface area contributed by atoms with E-state index in [1.165, 1.54) is 16.4 Å². The second-order valence-electron chi connectivity index (χ2n) is 4.13. The van der Waals surface area contributed by atoms with E-state index in [0.29, 0.717) is 17.0 Å². The van der Waals surface area contributed by atoms with E-state index in [2.05, 4.69) is 21.5 Å². The van der Waals surface area contributed by atoms with Gasteiger partial charge in [0.05, 0.1) is 6.07 Å². The predicted molar refractivity (Wildman–Crippen MR) is 66.4 cm³/mol. The Kier molecular flexibility index (Phi) is 3.84. The highest BCUT2D eigenvalue weighted by atomic mass is 32.2. The number of hydrogen-bond donors (Lipinski definition) is 2. The summed E-state index contributed by atoms with van der Waals surface area (Å²) in [4.78, 5) is 25.8. The molecule has 1 aromatic heterocycles. The number of aromatic nitrogens is 3. The summed E-state index contributed by atoms with van der Waals surface area (Å²) in [6, 6.07) is 2.35. The third-order valence-corrected chi connectivity index (χ3v) is 3.62. The van der Waals surface area contributed by atoms with Gasteiger partial charge in [0.1, 0.15) is 6.04 Å². The number of nitrogens with zero attached hydrogens (tertiary/aromatic N) is 3. The van der Waals surface area contributed by atoms with Crippen molar-refractivity contribution in [2.24, 2.45) is 7.05 Å². The number of thioether (sulfide) groups is 1. The minimum atomic E-state index is -0.806. The summed E-state index contributed by atoms with van der Waals surface area (Å²) < 4.78 is 1.39. The molecule has 0 radical (unpaired) electrons. The lowest BCUT2D eigenvalue weighted by atomic mass is 10.4. The molecule has 1 atom stereocenters. The molecule has 0 spiro atoms. The van der Waals surface area contributed by atoms with Crippen LogP contribution in [-0.2, 0) is 7.05 Å². The summed E-state index contributed by atoms with van der Waals surface area (Å²) in [6.45, 7) is 0. The molecule has 2 N–H and O–H groups in total. The first kappa shape index (κ1) is 12.9. The summed E-state index contributed by atoms with van der Waals surface area (Å²) in [5.74, 6) is 0.485. The van der Waals surface area contributed by atoms with Gasteiger partial charge in [0.25, 0.3) is 0 Å². The number of nitrogens with one attached hydrogen (secondary N) is 2. The smallest absolute Gasteiger partial charge is 0.298 e. The number of aryl methyl sites for hydroxylation is 1. The second kappa shape index (κ2) is 5.37. The van der Waals surface area contributed by atoms with E-state index in [1.807, 2.05) is 0 Å². The molecule has 8 heteroatoms. The van der Waals surface area contributed by atoms with Gasteiger partial charge in [-0.1, -0.05) is 11.8 Å². The van der Waals surface area contributed by atoms with Crippen LogP contribution in [0.3, 0.4) is 0 Å². The Hall–Kier alpha value is -1.59. The van der Waals surface area contributed by atoms with Crippen molar-refractivity contribution in [3.63, 3.8) is 0 Å². The van der Waals surface area contributed by atoms with Gasteiger partial charge in [-0.15, -0.1) is 0 Å². The van der Waals surface area contributed by atoms with Crippen molar-refractivity contribution in [1.29, 1.82) is 5.26 Å². The Morgan fingerprint density at radius 3 is 3.00 bits per heavy atom. The molecule has 0 aromatic carbocycles. The van der Waals surface area contributed by atoms with Crippen molar-refractivity contribution in [2.75, 3.05) is 5.75 Å². The summed E-state index contributed by atoms with van der Waals surface area (Å²) in [5, 5.41) is 14.9. The second-order valence-corrected chi connectivity index (χ2v) is 5.12. The van der Waals surface area contributed by atoms with Gasteiger partial charge in [0.15, 0.2) is 5.16 Å². The molecule has 0 bridgehead atoms. The van der Waals surface area contributed by atoms with Gasteiger partial charge >= 0.3 is 11.1 Å². The molecular formula is C10H13N5O2S. The first-order chi connectivity index (χ1) is 8.60. The standard InChI is InChI=1S/C10H13N5O2S/c1-15-10(13-8(16)9(17)14-15)18-5-7(4-11)12-6-2-3-6/h6-7,12H,2-3,5H2,1H3,(H,14,17). The molecular weight excluding hydrogens is 254 g/mol. The molecule has 96 valence electrons. The Morgan fingerprint density at radius 1 is 1.67 bits per heavy atom. The minimum Gasteiger partial charge on any atom is -0.298 e. The van der Waals surface area contributed by atoms with E-state index < -0.39 is 11.1 Å². The van der Waals surface area contributed by atoms with E-state index in [4.69, 9.17) is 5.26 Å². The van der Waals surface area contributed by atoms with Crippen LogP contribution in [0, 0.1) is 11.3 Å². The van der Waals surface area contributed by atoms with E-state index >= 15 is 0 Å². The summed E-state index contributed by atoms with van der Waals surface area (Å²) in [5.41, 5.74) is -1.55. The van der Waals surface area contributed by atoms with Crippen molar-refractivity contribution in [1.82, 2.24) is 20.1 Å². The van der Waals surface area contributed by atoms with E-state index in [9.17, 15) is 9.59 Å². The molecule has 1 saturated carbocycles. The number of H-pyrrole nitrogens is 1. The maximum absolute atomic E-state index is 11.1. The van der Waals surface area contributed by atoms with Crippen LogP contribution >= 0.6 is 11.8 Å². The van der Waals surface area contributed by atoms with E-state index in [-0.39, 0.29) is 6.04 Å². The fourth-order valence-electron chi connectivity index (χ4n) is 1.40. The molecule has 1 heterocycles. The lowest BCUT2D eigenvalue weighted by Crippen LogP contribution is -2.35. The van der Waals surface area contributed by atoms with Gasteiger partial charge in [0, 0.05) is 18.8 Å². The molecule has 1 aliphatic carbocycles. The number of nitriles is 1. The van der Waals surface area contributed by atoms with E-state index in [0.717, 1.165) is 12.8 Å². The minimum absolute atomic E-state index is 0.272. The van der Waals surface area contributed by atoms with Crippen LogP contribution in [0.5, 0.6) is 0 Å². The monoisotopic (exact) mass is 267 g/mol. The van der Waals surface area contributed by atoms with Gasteiger partial charge in [-0.25, -0.2) is 0 Å². The summed E-state index contributed by atoms with van der Waals surface area (Å²) in [7, 11) is 1.60. The quantitative estimate of drug-likeness (QED) is 0.535. The first-order valence-electron chi connectivity index (χ1n) is 5.56. The molecule has 2 rings (SSSR count). The van der Waals surface area contributed by atoms with Crippen LogP contribution in [0.15, 0.2) is 14.7 Å². The Balaban J connectivity index is 2.00. The van der Waals surface area contributed by atoms with Crippen LogP contribution in [0.25, 0.3) is 0 Å². The van der Waals surface area contributed by atoms with Crippen LogP contribution in [-0.4, -0.2) is 32.6 Å². The zero-order valence-electron chi connectivity index (χ0n) is 9.84. The molecule has 1 aliphatic rings. The first-order valence-corrected chi connectivity index (χ1v) is 6.54. The Morgan fingerprint density at radius 2 is 2.39 bits per heavy atom. The average molecular weight is 267 g/mol. The van der Waals surface area contributed by atoms with Crippen molar-refractivity contribution in [2.45, 2.75) is 30.1 Å². The molecule has 7 nitrogen and oxygen atoms in total. The van der Waals surface area contributed by atoms with Gasteiger partial charge in [-0.05, 0) is 12.8 Å². The Bertz CT molecular complexity index is 583. The molecule has 0 aliphatic heterocycles. The van der Waals surface area contributed by atoms with Gasteiger partial charge in [-0.3, -0.25) is 24.7 Å². The lowest BCUT2D eigenvalue weighted by Gasteiger charge is -2.10. The van der Waals surface area contributed by atoms with Crippen molar-refractivity contribution < 1.29 is 0 Å². The normalized spacial score (nSPS) is 16.2. The zero-order valence-corrected chi connectivity index (χ0v) is 10.7. The fourth-order valence-corrected chi connectivity index (χ4v) is 2.28. The molecule has 0 amide bonds. The number of rotatable bonds is 5. The van der Waals surface area contributed by atoms with Crippen molar-refractivity contribution in [3.8, 4) is 6.07 Å². The predicted octanol–water partition coefficient (Wildman–Crippen LogP) is -0.795.